The molecule has 0 saturated heterocycles. The smallest absolute Gasteiger partial charge is 0.416 e. The highest BCUT2D eigenvalue weighted by atomic mass is 35.6. The van der Waals surface area contributed by atoms with Crippen molar-refractivity contribution in [2.45, 2.75) is 16.5 Å². The molecule has 1 aromatic carbocycles. The molecule has 0 saturated carbocycles. The number of benzene rings is 1. The van der Waals surface area contributed by atoms with E-state index in [1.54, 1.807) is 0 Å². The second kappa shape index (κ2) is 8.93. The summed E-state index contributed by atoms with van der Waals surface area (Å²) in [6.45, 7) is -0.602. The maximum atomic E-state index is 13.0. The summed E-state index contributed by atoms with van der Waals surface area (Å²) in [5, 5.41) is 5.06. The number of nitrogens with two attached hydrogens (primary N) is 1. The van der Waals surface area contributed by atoms with Crippen LogP contribution in [0, 0.1) is 0 Å². The van der Waals surface area contributed by atoms with Crippen LogP contribution in [0.3, 0.4) is 0 Å². The van der Waals surface area contributed by atoms with E-state index >= 15 is 0 Å². The number of nitrogen functional groups attached to an aromatic ring is 1. The van der Waals surface area contributed by atoms with E-state index in [2.05, 4.69) is 15.6 Å². The van der Waals surface area contributed by atoms with E-state index in [0.29, 0.717) is 0 Å². The van der Waals surface area contributed by atoms with Gasteiger partial charge in [0.1, 0.15) is 18.2 Å². The van der Waals surface area contributed by atoms with Crippen LogP contribution in [-0.4, -0.2) is 21.5 Å². The molecule has 4 N–H and O–H groups in total. The predicted molar refractivity (Wildman–Crippen MR) is 103 cm³/mol. The molecular formula is C16H14Cl3F3N4O2. The first-order valence-electron chi connectivity index (χ1n) is 7.62. The summed E-state index contributed by atoms with van der Waals surface area (Å²) in [6, 6.07) is 7.99. The largest absolute Gasteiger partial charge is 0.445 e. The number of anilines is 3. The number of aromatic nitrogens is 1. The van der Waals surface area contributed by atoms with Crippen LogP contribution in [0.25, 0.3) is 0 Å². The number of hydrogen-bond acceptors (Lipinski definition) is 5. The van der Waals surface area contributed by atoms with Crippen molar-refractivity contribution >= 4 is 58.2 Å². The first-order chi connectivity index (χ1) is 13.0. The van der Waals surface area contributed by atoms with E-state index in [1.165, 1.54) is 30.3 Å². The lowest BCUT2D eigenvalue weighted by Crippen LogP contribution is -2.21. The van der Waals surface area contributed by atoms with Gasteiger partial charge in [0.25, 0.3) is 0 Å². The molecule has 1 aromatic heterocycles. The van der Waals surface area contributed by atoms with Gasteiger partial charge in [0.05, 0.1) is 11.3 Å². The third-order valence-corrected chi connectivity index (χ3v) is 3.64. The normalized spacial score (nSPS) is 11.8. The number of pyridine rings is 1. The van der Waals surface area contributed by atoms with Gasteiger partial charge in [-0.3, -0.25) is 5.32 Å². The molecule has 0 fully saturated rings. The minimum Gasteiger partial charge on any atom is -0.445 e. The summed E-state index contributed by atoms with van der Waals surface area (Å²) >= 11 is 16.4. The van der Waals surface area contributed by atoms with E-state index < -0.39 is 28.2 Å². The highest BCUT2D eigenvalue weighted by Crippen LogP contribution is 2.32. The lowest BCUT2D eigenvalue weighted by Gasteiger charge is -2.15. The van der Waals surface area contributed by atoms with Crippen molar-refractivity contribution in [2.75, 3.05) is 23.0 Å². The fourth-order valence-electron chi connectivity index (χ4n) is 2.11. The Morgan fingerprint density at radius 2 is 1.82 bits per heavy atom. The second-order valence-corrected chi connectivity index (χ2v) is 7.97. The van der Waals surface area contributed by atoms with Gasteiger partial charge in [0.15, 0.2) is 0 Å². The third-order valence-electron chi connectivity index (χ3n) is 3.31. The van der Waals surface area contributed by atoms with Crippen LogP contribution in [0.5, 0.6) is 0 Å². The molecule has 28 heavy (non-hydrogen) atoms. The molecule has 152 valence electrons. The van der Waals surface area contributed by atoms with Crippen molar-refractivity contribution in [1.29, 1.82) is 0 Å². The van der Waals surface area contributed by atoms with Crippen molar-refractivity contribution in [3.63, 3.8) is 0 Å². The number of amides is 1. The van der Waals surface area contributed by atoms with Gasteiger partial charge in [-0.25, -0.2) is 9.78 Å². The number of carbonyl (C=O) groups excluding carboxylic acids is 1. The molecular weight excluding hydrogens is 444 g/mol. The molecule has 2 aromatic rings. The highest BCUT2D eigenvalue weighted by Gasteiger charge is 2.32. The van der Waals surface area contributed by atoms with Crippen molar-refractivity contribution in [3.05, 3.63) is 47.5 Å². The second-order valence-electron chi connectivity index (χ2n) is 5.45. The Morgan fingerprint density at radius 1 is 1.14 bits per heavy atom. The van der Waals surface area contributed by atoms with Crippen LogP contribution in [0.2, 0.25) is 0 Å². The zero-order valence-electron chi connectivity index (χ0n) is 14.0. The molecule has 0 spiro atoms. The Balaban J connectivity index is 2.01. The van der Waals surface area contributed by atoms with Gasteiger partial charge in [-0.05, 0) is 23.8 Å². The lowest BCUT2D eigenvalue weighted by molar-refractivity contribution is -0.138. The zero-order chi connectivity index (χ0) is 20.9. The van der Waals surface area contributed by atoms with E-state index in [9.17, 15) is 18.0 Å². The molecule has 0 aliphatic heterocycles. The first-order valence-corrected chi connectivity index (χ1v) is 8.75. The fourth-order valence-corrected chi connectivity index (χ4v) is 2.27. The summed E-state index contributed by atoms with van der Waals surface area (Å²) in [5.41, 5.74) is 5.17. The molecule has 0 bridgehead atoms. The zero-order valence-corrected chi connectivity index (χ0v) is 16.3. The van der Waals surface area contributed by atoms with Crippen LogP contribution < -0.4 is 16.4 Å². The van der Waals surface area contributed by atoms with Crippen molar-refractivity contribution in [3.8, 4) is 0 Å². The van der Waals surface area contributed by atoms with Crippen LogP contribution >= 0.6 is 34.8 Å². The molecule has 0 radical (unpaired) electrons. The maximum Gasteiger partial charge on any atom is 0.416 e. The van der Waals surface area contributed by atoms with E-state index in [4.69, 9.17) is 45.3 Å². The van der Waals surface area contributed by atoms with Gasteiger partial charge in [0.2, 0.25) is 3.79 Å². The van der Waals surface area contributed by atoms with Crippen molar-refractivity contribution in [2.24, 2.45) is 0 Å². The van der Waals surface area contributed by atoms with Crippen LogP contribution in [-0.2, 0) is 17.5 Å². The number of alkyl halides is 6. The number of hydrogen-bond donors (Lipinski definition) is 3. The molecule has 6 nitrogen and oxygen atoms in total. The number of carbonyl (C=O) groups is 1. The molecule has 0 aliphatic carbocycles. The number of halogens is 6. The van der Waals surface area contributed by atoms with Crippen LogP contribution in [0.4, 0.5) is 35.3 Å². The minimum absolute atomic E-state index is 0.0489. The summed E-state index contributed by atoms with van der Waals surface area (Å²) < 4.78 is 42.0. The van der Waals surface area contributed by atoms with Crippen LogP contribution in [0.1, 0.15) is 11.1 Å². The summed E-state index contributed by atoms with van der Waals surface area (Å²) in [7, 11) is 0. The van der Waals surface area contributed by atoms with Crippen LogP contribution in [0.15, 0.2) is 36.4 Å². The Hall–Kier alpha value is -2.10. The van der Waals surface area contributed by atoms with Crippen molar-refractivity contribution in [1.82, 2.24) is 4.98 Å². The van der Waals surface area contributed by atoms with Gasteiger partial charge in [-0.1, -0.05) is 53.0 Å². The fraction of sp³-hybridized carbons (Fsp3) is 0.250. The SMILES string of the molecule is Nc1nc(NCc2ccccc2C(F)(F)F)ccc1NC(=O)OCC(Cl)(Cl)Cl. The highest BCUT2D eigenvalue weighted by molar-refractivity contribution is 6.67. The summed E-state index contributed by atoms with van der Waals surface area (Å²) in [6.07, 6.45) is -5.38. The number of rotatable bonds is 5. The quantitative estimate of drug-likeness (QED) is 0.536. The molecule has 0 atom stereocenters. The van der Waals surface area contributed by atoms with Gasteiger partial charge in [-0.15, -0.1) is 0 Å². The average molecular weight is 458 g/mol. The van der Waals surface area contributed by atoms with E-state index in [-0.39, 0.29) is 29.4 Å². The van der Waals surface area contributed by atoms with E-state index in [0.717, 1.165) is 6.07 Å². The lowest BCUT2D eigenvalue weighted by atomic mass is 10.1. The van der Waals surface area contributed by atoms with Gasteiger partial charge in [-0.2, -0.15) is 13.2 Å². The average Bonchev–Trinajstić information content (AvgIpc) is 2.59. The Morgan fingerprint density at radius 3 is 2.43 bits per heavy atom. The molecule has 0 unspecified atom stereocenters. The standard InChI is InChI=1S/C16H14Cl3F3N4O2/c17-15(18,19)8-28-14(27)25-11-5-6-12(26-13(11)23)24-7-9-3-1-2-4-10(9)16(20,21)22/h1-6H,7-8H2,(H,25,27)(H3,23,24,26). The van der Waals surface area contributed by atoms with Crippen molar-refractivity contribution < 1.29 is 22.7 Å². The molecule has 1 heterocycles. The Labute approximate surface area is 173 Å². The molecule has 0 aliphatic rings. The number of ether oxygens (including phenoxy) is 1. The van der Waals surface area contributed by atoms with Gasteiger partial charge >= 0.3 is 12.3 Å². The molecule has 12 heteroatoms. The van der Waals surface area contributed by atoms with Gasteiger partial charge in [0, 0.05) is 6.54 Å². The number of nitrogens with zero attached hydrogens (tertiary/aromatic N) is 1. The number of nitrogens with one attached hydrogen (secondary N) is 2. The van der Waals surface area contributed by atoms with E-state index in [1.807, 2.05) is 0 Å². The topological polar surface area (TPSA) is 89.3 Å². The monoisotopic (exact) mass is 456 g/mol. The summed E-state index contributed by atoms with van der Waals surface area (Å²) in [5.74, 6) is 0.134. The molecule has 1 amide bonds. The minimum atomic E-state index is -4.47. The predicted octanol–water partition coefficient (Wildman–Crippen LogP) is 5.21. The van der Waals surface area contributed by atoms with Gasteiger partial charge < -0.3 is 15.8 Å². The maximum absolute atomic E-state index is 13.0. The third kappa shape index (κ3) is 6.81. The Kier molecular flexibility index (Phi) is 7.08. The summed E-state index contributed by atoms with van der Waals surface area (Å²) in [4.78, 5) is 15.6. The molecule has 2 rings (SSSR count). The Bertz CT molecular complexity index is 845. The first kappa shape index (κ1) is 22.2.